The van der Waals surface area contributed by atoms with Crippen LogP contribution in [0.5, 0.6) is 0 Å². The van der Waals surface area contributed by atoms with Gasteiger partial charge in [-0.1, -0.05) is 23.8 Å². The van der Waals surface area contributed by atoms with E-state index in [2.05, 4.69) is 15.6 Å². The van der Waals surface area contributed by atoms with Crippen molar-refractivity contribution in [1.82, 2.24) is 5.09 Å². The first kappa shape index (κ1) is 20.4. The van der Waals surface area contributed by atoms with Crippen LogP contribution in [0.15, 0.2) is 23.3 Å². The van der Waals surface area contributed by atoms with E-state index in [0.29, 0.717) is 0 Å². The van der Waals surface area contributed by atoms with Gasteiger partial charge in [-0.15, -0.1) is 0 Å². The molecule has 128 valence electrons. The molecule has 0 amide bonds. The summed E-state index contributed by atoms with van der Waals surface area (Å²) in [7, 11) is 2.66. The summed E-state index contributed by atoms with van der Waals surface area (Å²) in [5, 5.41) is 26.7. The second-order valence-electron chi connectivity index (χ2n) is 3.91. The number of rotatable bonds is 7. The molecule has 0 unspecified atom stereocenters. The van der Waals surface area contributed by atoms with Gasteiger partial charge >= 0.3 is 0 Å². The Balaban J connectivity index is 3.03. The largest absolute Gasteiger partial charge is 0.317 e. The first-order chi connectivity index (χ1) is 11.3. The molecule has 0 saturated carbocycles. The van der Waals surface area contributed by atoms with Crippen molar-refractivity contribution in [2.75, 3.05) is 19.6 Å². The number of nitro benzene ring substituents is 1. The van der Waals surface area contributed by atoms with E-state index < -0.39 is 11.6 Å². The van der Waals surface area contributed by atoms with Crippen LogP contribution in [0.25, 0.3) is 0 Å². The van der Waals surface area contributed by atoms with Gasteiger partial charge < -0.3 is 14.1 Å². The van der Waals surface area contributed by atoms with Gasteiger partial charge in [0.05, 0.1) is 4.92 Å². The van der Waals surface area contributed by atoms with Gasteiger partial charge in [0.15, 0.2) is 5.71 Å². The maximum absolute atomic E-state index is 11.0. The van der Waals surface area contributed by atoms with Crippen LogP contribution >= 0.6 is 30.5 Å². The van der Waals surface area contributed by atoms with Crippen molar-refractivity contribution in [2.45, 2.75) is 0 Å². The minimum Gasteiger partial charge on any atom is -0.317 e. The zero-order valence-electron chi connectivity index (χ0n) is 12.3. The van der Waals surface area contributed by atoms with Crippen molar-refractivity contribution in [3.05, 3.63) is 33.3 Å². The summed E-state index contributed by atoms with van der Waals surface area (Å²) in [6.45, 7) is -2.87. The fourth-order valence-corrected chi connectivity index (χ4v) is 3.09. The highest BCUT2D eigenvalue weighted by molar-refractivity contribution is 8.09. The van der Waals surface area contributed by atoms with Crippen LogP contribution in [0.3, 0.4) is 0 Å². The van der Waals surface area contributed by atoms with Crippen LogP contribution in [-0.4, -0.2) is 29.8 Å². The Hall–Kier alpha value is -1.67. The van der Waals surface area contributed by atoms with Gasteiger partial charge in [0.2, 0.25) is 0 Å². The molecule has 0 heterocycles. The fraction of sp³-hybridized carbons (Fsp3) is 0.182. The van der Waals surface area contributed by atoms with Crippen LogP contribution < -0.4 is 10.5 Å². The van der Waals surface area contributed by atoms with Crippen molar-refractivity contribution in [1.29, 1.82) is 5.26 Å². The lowest BCUT2D eigenvalue weighted by Crippen LogP contribution is -2.27. The Bertz CT molecular complexity index is 774. The smallest absolute Gasteiger partial charge is 0.295 e. The topological polar surface area (TPSA) is 122 Å². The second-order valence-corrected chi connectivity index (χ2v) is 8.14. The van der Waals surface area contributed by atoms with Crippen molar-refractivity contribution in [3.8, 4) is 6.07 Å². The highest BCUT2D eigenvalue weighted by Gasteiger charge is 2.20. The van der Waals surface area contributed by atoms with Gasteiger partial charge in [-0.25, -0.2) is 0 Å². The van der Waals surface area contributed by atoms with E-state index in [1.165, 1.54) is 26.4 Å². The summed E-state index contributed by atoms with van der Waals surface area (Å²) < 4.78 is 9.99. The Morgan fingerprint density at radius 1 is 1.50 bits per heavy atom. The van der Waals surface area contributed by atoms with Crippen molar-refractivity contribution >= 4 is 64.3 Å². The molecule has 0 aliphatic rings. The highest BCUT2D eigenvalue weighted by atomic mass is 35.5. The van der Waals surface area contributed by atoms with Crippen LogP contribution in [0.1, 0.15) is 0 Å². The number of halogens is 1. The lowest BCUT2D eigenvalue weighted by atomic mass is 10.3. The molecule has 0 saturated heterocycles. The highest BCUT2D eigenvalue weighted by Crippen LogP contribution is 2.41. The van der Waals surface area contributed by atoms with E-state index in [-0.39, 0.29) is 27.1 Å². The number of nitrogens with one attached hydrogen (secondary N) is 2. The van der Waals surface area contributed by atoms with E-state index in [4.69, 9.17) is 49.9 Å². The molecular formula is C11H11ClN5O4PS2. The van der Waals surface area contributed by atoms with E-state index in [0.717, 1.165) is 6.07 Å². The molecule has 9 nitrogen and oxygen atoms in total. The van der Waals surface area contributed by atoms with Crippen LogP contribution in [0.2, 0.25) is 5.02 Å². The minimum atomic E-state index is -2.87. The Morgan fingerprint density at radius 2 is 2.12 bits per heavy atom. The van der Waals surface area contributed by atoms with E-state index >= 15 is 0 Å². The monoisotopic (exact) mass is 407 g/mol. The third-order valence-corrected chi connectivity index (χ3v) is 5.79. The number of hydrogen-bond acceptors (Lipinski definition) is 9. The van der Waals surface area contributed by atoms with Crippen LogP contribution in [0, 0.1) is 21.4 Å². The Labute approximate surface area is 153 Å². The van der Waals surface area contributed by atoms with Crippen molar-refractivity contribution in [2.24, 2.45) is 5.10 Å². The lowest BCUT2D eigenvalue weighted by molar-refractivity contribution is -0.383. The Morgan fingerprint density at radius 3 is 2.62 bits per heavy atom. The maximum Gasteiger partial charge on any atom is 0.295 e. The molecule has 0 atom stereocenters. The number of nitrogens with zero attached hydrogens (tertiary/aromatic N) is 3. The van der Waals surface area contributed by atoms with Gasteiger partial charge in [-0.05, 0) is 23.9 Å². The quantitative estimate of drug-likeness (QED) is 0.231. The molecule has 1 aromatic rings. The molecule has 0 fully saturated rings. The fourth-order valence-electron chi connectivity index (χ4n) is 1.34. The first-order valence-electron chi connectivity index (χ1n) is 5.98. The van der Waals surface area contributed by atoms with Gasteiger partial charge in [-0.2, -0.15) is 10.4 Å². The zero-order valence-corrected chi connectivity index (χ0v) is 15.6. The Kier molecular flexibility index (Phi) is 7.62. The average Bonchev–Trinajstić information content (AvgIpc) is 2.56. The molecule has 0 bridgehead atoms. The van der Waals surface area contributed by atoms with Gasteiger partial charge in [-0.3, -0.25) is 15.5 Å². The lowest BCUT2D eigenvalue weighted by Gasteiger charge is -2.19. The van der Waals surface area contributed by atoms with Crippen LogP contribution in [-0.2, 0) is 20.9 Å². The number of nitriles is 1. The van der Waals surface area contributed by atoms with E-state index in [1.54, 1.807) is 6.07 Å². The van der Waals surface area contributed by atoms with E-state index in [1.807, 2.05) is 0 Å². The predicted molar refractivity (Wildman–Crippen MR) is 98.8 cm³/mol. The van der Waals surface area contributed by atoms with E-state index in [9.17, 15) is 10.1 Å². The third-order valence-electron chi connectivity index (χ3n) is 2.48. The first-order valence-corrected chi connectivity index (χ1v) is 9.40. The molecule has 0 radical (unpaired) electrons. The molecule has 0 aromatic heterocycles. The summed E-state index contributed by atoms with van der Waals surface area (Å²) in [6, 6.07) is 5.69. The summed E-state index contributed by atoms with van der Waals surface area (Å²) in [5.74, 6) is 0. The molecule has 2 N–H and O–H groups in total. The number of benzene rings is 1. The maximum atomic E-state index is 11.0. The SMILES string of the molecule is COP(=S)(NC(=S)/C(C#N)=N\Nc1ccc(Cl)cc1[N+](=O)[O-])OC. The summed E-state index contributed by atoms with van der Waals surface area (Å²) >= 11 is 15.8. The average molecular weight is 408 g/mol. The molecule has 0 aliphatic heterocycles. The number of nitro groups is 1. The second kappa shape index (κ2) is 8.98. The molecule has 1 aromatic carbocycles. The predicted octanol–water partition coefficient (Wildman–Crippen LogP) is 2.97. The van der Waals surface area contributed by atoms with Crippen molar-refractivity contribution in [3.63, 3.8) is 0 Å². The van der Waals surface area contributed by atoms with Gasteiger partial charge in [0, 0.05) is 25.3 Å². The van der Waals surface area contributed by atoms with Crippen molar-refractivity contribution < 1.29 is 14.0 Å². The normalized spacial score (nSPS) is 11.5. The minimum absolute atomic E-state index is 0.0397. The summed E-state index contributed by atoms with van der Waals surface area (Å²) in [5.41, 5.74) is 1.89. The summed E-state index contributed by atoms with van der Waals surface area (Å²) in [6.07, 6.45) is 0. The van der Waals surface area contributed by atoms with Gasteiger partial charge in [0.25, 0.3) is 12.3 Å². The number of thiocarbonyl (C=S) groups is 1. The number of hydrazone groups is 1. The molecule has 13 heteroatoms. The van der Waals surface area contributed by atoms with Crippen LogP contribution in [0.4, 0.5) is 11.4 Å². The molecule has 24 heavy (non-hydrogen) atoms. The third kappa shape index (κ3) is 5.45. The molecule has 0 aliphatic carbocycles. The molecule has 1 rings (SSSR count). The molecular weight excluding hydrogens is 397 g/mol. The zero-order chi connectivity index (χ0) is 18.3. The number of anilines is 1. The summed E-state index contributed by atoms with van der Waals surface area (Å²) in [4.78, 5) is 10.2. The molecule has 0 spiro atoms. The number of hydrogen-bond donors (Lipinski definition) is 2. The standard InChI is InChI=1S/C11H11ClN5O4PS2/c1-20-22(24,21-2)16-11(23)9(6-13)15-14-8-4-3-7(12)5-10(8)17(18)19/h3-5,14H,1-2H3,(H,16,23,24)/b15-9-. The van der Waals surface area contributed by atoms with Gasteiger partial charge in [0.1, 0.15) is 16.7 Å².